The first kappa shape index (κ1) is 9.98. The molecular formula is C8H12N2O2S. The summed E-state index contributed by atoms with van der Waals surface area (Å²) in [5, 5.41) is 3.89. The van der Waals surface area contributed by atoms with E-state index < -0.39 is 5.97 Å². The number of anilines is 1. The minimum atomic E-state index is -0.399. The lowest BCUT2D eigenvalue weighted by Crippen LogP contribution is -2.12. The molecule has 1 aromatic rings. The van der Waals surface area contributed by atoms with Crippen LogP contribution in [-0.4, -0.2) is 24.1 Å². The van der Waals surface area contributed by atoms with Crippen molar-refractivity contribution in [1.82, 2.24) is 4.98 Å². The Bertz CT molecular complexity index is 296. The molecule has 0 fully saturated rings. The second-order valence-corrected chi connectivity index (χ2v) is 3.68. The van der Waals surface area contributed by atoms with E-state index in [0.717, 1.165) is 5.00 Å². The monoisotopic (exact) mass is 200 g/mol. The van der Waals surface area contributed by atoms with Crippen molar-refractivity contribution in [3.8, 4) is 0 Å². The highest BCUT2D eigenvalue weighted by molar-refractivity contribution is 7.14. The summed E-state index contributed by atoms with van der Waals surface area (Å²) in [5.41, 5.74) is 1.98. The molecule has 1 aromatic heterocycles. The molecule has 13 heavy (non-hydrogen) atoms. The zero-order valence-corrected chi connectivity index (χ0v) is 8.64. The first-order valence-corrected chi connectivity index (χ1v) is 4.81. The SMILES string of the molecule is COC(=O)c1ncsc1NC(C)C. The highest BCUT2D eigenvalue weighted by atomic mass is 32.1. The molecule has 0 unspecified atom stereocenters. The van der Waals surface area contributed by atoms with E-state index in [2.05, 4.69) is 15.0 Å². The molecule has 72 valence electrons. The summed E-state index contributed by atoms with van der Waals surface area (Å²) < 4.78 is 4.58. The molecule has 1 rings (SSSR count). The second kappa shape index (κ2) is 4.23. The van der Waals surface area contributed by atoms with Crippen LogP contribution in [0.2, 0.25) is 0 Å². The van der Waals surface area contributed by atoms with Gasteiger partial charge in [-0.2, -0.15) is 0 Å². The Morgan fingerprint density at radius 1 is 1.69 bits per heavy atom. The van der Waals surface area contributed by atoms with Crippen molar-refractivity contribution in [3.05, 3.63) is 11.2 Å². The lowest BCUT2D eigenvalue weighted by Gasteiger charge is -2.07. The predicted octanol–water partition coefficient (Wildman–Crippen LogP) is 1.75. The number of carbonyl (C=O) groups excluding carboxylic acids is 1. The number of hydrogen-bond acceptors (Lipinski definition) is 5. The highest BCUT2D eigenvalue weighted by Crippen LogP contribution is 2.21. The zero-order valence-electron chi connectivity index (χ0n) is 7.83. The van der Waals surface area contributed by atoms with E-state index in [9.17, 15) is 4.79 Å². The van der Waals surface area contributed by atoms with Crippen molar-refractivity contribution in [2.45, 2.75) is 19.9 Å². The maximum Gasteiger partial charge on any atom is 0.359 e. The Kier molecular flexibility index (Phi) is 3.25. The van der Waals surface area contributed by atoms with Gasteiger partial charge in [0.2, 0.25) is 0 Å². The van der Waals surface area contributed by atoms with Crippen molar-refractivity contribution in [1.29, 1.82) is 0 Å². The minimum absolute atomic E-state index is 0.281. The van der Waals surface area contributed by atoms with Crippen LogP contribution < -0.4 is 5.32 Å². The van der Waals surface area contributed by atoms with Crippen LogP contribution in [0.3, 0.4) is 0 Å². The average molecular weight is 200 g/mol. The molecule has 1 N–H and O–H groups in total. The van der Waals surface area contributed by atoms with Gasteiger partial charge in [-0.25, -0.2) is 9.78 Å². The number of rotatable bonds is 3. The third kappa shape index (κ3) is 2.42. The number of carbonyl (C=O) groups is 1. The Balaban J connectivity index is 2.83. The quantitative estimate of drug-likeness (QED) is 0.755. The molecule has 0 saturated carbocycles. The molecule has 0 aromatic carbocycles. The first-order valence-electron chi connectivity index (χ1n) is 3.93. The van der Waals surface area contributed by atoms with Crippen LogP contribution >= 0.6 is 11.3 Å². The van der Waals surface area contributed by atoms with E-state index in [1.54, 1.807) is 5.51 Å². The molecule has 0 aliphatic carbocycles. The van der Waals surface area contributed by atoms with E-state index in [1.807, 2.05) is 13.8 Å². The summed E-state index contributed by atoms with van der Waals surface area (Å²) in [7, 11) is 1.35. The number of esters is 1. The molecule has 0 atom stereocenters. The van der Waals surface area contributed by atoms with E-state index in [4.69, 9.17) is 0 Å². The van der Waals surface area contributed by atoms with Crippen molar-refractivity contribution in [3.63, 3.8) is 0 Å². The topological polar surface area (TPSA) is 51.2 Å². The van der Waals surface area contributed by atoms with Crippen LogP contribution in [0.15, 0.2) is 5.51 Å². The second-order valence-electron chi connectivity index (χ2n) is 2.82. The third-order valence-electron chi connectivity index (χ3n) is 1.37. The van der Waals surface area contributed by atoms with Gasteiger partial charge in [0, 0.05) is 6.04 Å². The summed E-state index contributed by atoms with van der Waals surface area (Å²) in [4.78, 5) is 15.1. The van der Waals surface area contributed by atoms with Gasteiger partial charge in [0.25, 0.3) is 0 Å². The van der Waals surface area contributed by atoms with Crippen LogP contribution in [0.25, 0.3) is 0 Å². The maximum absolute atomic E-state index is 11.2. The molecule has 0 aliphatic heterocycles. The number of aromatic nitrogens is 1. The predicted molar refractivity (Wildman–Crippen MR) is 52.2 cm³/mol. The molecule has 0 aliphatic rings. The van der Waals surface area contributed by atoms with Crippen LogP contribution in [0.5, 0.6) is 0 Å². The number of ether oxygens (including phenoxy) is 1. The molecule has 0 bridgehead atoms. The van der Waals surface area contributed by atoms with E-state index >= 15 is 0 Å². The van der Waals surface area contributed by atoms with Gasteiger partial charge in [-0.05, 0) is 13.8 Å². The average Bonchev–Trinajstić information content (AvgIpc) is 2.50. The molecule has 0 radical (unpaired) electrons. The lowest BCUT2D eigenvalue weighted by atomic mass is 10.4. The minimum Gasteiger partial charge on any atom is -0.464 e. The van der Waals surface area contributed by atoms with E-state index in [0.29, 0.717) is 5.69 Å². The Hall–Kier alpha value is -1.10. The van der Waals surface area contributed by atoms with Crippen molar-refractivity contribution >= 4 is 22.3 Å². The Morgan fingerprint density at radius 2 is 2.38 bits per heavy atom. The fourth-order valence-corrected chi connectivity index (χ4v) is 1.67. The van der Waals surface area contributed by atoms with Crippen molar-refractivity contribution in [2.75, 3.05) is 12.4 Å². The Morgan fingerprint density at radius 3 is 2.92 bits per heavy atom. The largest absolute Gasteiger partial charge is 0.464 e. The van der Waals surface area contributed by atoms with Gasteiger partial charge in [-0.15, -0.1) is 11.3 Å². The van der Waals surface area contributed by atoms with Gasteiger partial charge >= 0.3 is 5.97 Å². The Labute approximate surface area is 80.9 Å². The van der Waals surface area contributed by atoms with Crippen molar-refractivity contribution in [2.24, 2.45) is 0 Å². The number of methoxy groups -OCH3 is 1. The van der Waals surface area contributed by atoms with Gasteiger partial charge in [-0.3, -0.25) is 0 Å². The normalized spacial score (nSPS) is 10.2. The zero-order chi connectivity index (χ0) is 9.84. The smallest absolute Gasteiger partial charge is 0.359 e. The summed E-state index contributed by atoms with van der Waals surface area (Å²) in [6.45, 7) is 4.00. The summed E-state index contributed by atoms with van der Waals surface area (Å²) >= 11 is 1.40. The van der Waals surface area contributed by atoms with Crippen LogP contribution in [0.1, 0.15) is 24.3 Å². The van der Waals surface area contributed by atoms with Crippen LogP contribution in [0, 0.1) is 0 Å². The molecule has 0 saturated heterocycles. The van der Waals surface area contributed by atoms with Gasteiger partial charge in [0.1, 0.15) is 5.00 Å². The summed E-state index contributed by atoms with van der Waals surface area (Å²) in [6, 6.07) is 0.281. The lowest BCUT2D eigenvalue weighted by molar-refractivity contribution is 0.0596. The number of nitrogens with one attached hydrogen (secondary N) is 1. The third-order valence-corrected chi connectivity index (χ3v) is 2.12. The van der Waals surface area contributed by atoms with Gasteiger partial charge < -0.3 is 10.1 Å². The summed E-state index contributed by atoms with van der Waals surface area (Å²) in [6.07, 6.45) is 0. The molecule has 0 amide bonds. The maximum atomic E-state index is 11.2. The van der Waals surface area contributed by atoms with Crippen molar-refractivity contribution < 1.29 is 9.53 Å². The first-order chi connectivity index (χ1) is 6.15. The van der Waals surface area contributed by atoms with E-state index in [-0.39, 0.29) is 6.04 Å². The van der Waals surface area contributed by atoms with Gasteiger partial charge in [-0.1, -0.05) is 0 Å². The molecule has 5 heteroatoms. The highest BCUT2D eigenvalue weighted by Gasteiger charge is 2.15. The molecule has 4 nitrogen and oxygen atoms in total. The van der Waals surface area contributed by atoms with Gasteiger partial charge in [0.05, 0.1) is 12.6 Å². The molecule has 0 spiro atoms. The fraction of sp³-hybridized carbons (Fsp3) is 0.500. The number of hydrogen-bond donors (Lipinski definition) is 1. The summed E-state index contributed by atoms with van der Waals surface area (Å²) in [5.74, 6) is -0.399. The molecule has 1 heterocycles. The number of thiazole rings is 1. The van der Waals surface area contributed by atoms with E-state index in [1.165, 1.54) is 18.4 Å². The van der Waals surface area contributed by atoms with Gasteiger partial charge in [0.15, 0.2) is 5.69 Å². The molecular weight excluding hydrogens is 188 g/mol. The van der Waals surface area contributed by atoms with Crippen LogP contribution in [0.4, 0.5) is 5.00 Å². The standard InChI is InChI=1S/C8H12N2O2S/c1-5(2)10-7-6(8(11)12-3)9-4-13-7/h4-5,10H,1-3H3. The fourth-order valence-electron chi connectivity index (χ4n) is 0.853. The number of nitrogens with zero attached hydrogens (tertiary/aromatic N) is 1. The van der Waals surface area contributed by atoms with Crippen LogP contribution in [-0.2, 0) is 4.74 Å².